The number of aliphatic hydroxyl groups excluding tert-OH is 1. The van der Waals surface area contributed by atoms with E-state index in [9.17, 15) is 12.9 Å². The maximum absolute atomic E-state index is 11.9. The number of likely N-dealkylation sites (N-methyl/N-ethyl adjacent to an activating group) is 1. The van der Waals surface area contributed by atoms with Crippen molar-refractivity contribution in [2.45, 2.75) is 6.10 Å². The molecule has 0 heterocycles. The molecule has 0 aromatic heterocycles. The molecule has 14 heavy (non-hydrogen) atoms. The first-order valence-electron chi connectivity index (χ1n) is 3.91. The average Bonchev–Trinajstić information content (AvgIpc) is 1.81. The van der Waals surface area contributed by atoms with Crippen molar-refractivity contribution in [3.63, 3.8) is 0 Å². The maximum Gasteiger partial charge on any atom is 1.00 e. The minimum absolute atomic E-state index is 0. The molecule has 0 aromatic rings. The van der Waals surface area contributed by atoms with Crippen molar-refractivity contribution < 1.29 is 74.2 Å². The van der Waals surface area contributed by atoms with E-state index in [4.69, 9.17) is 5.11 Å². The molecule has 3 nitrogen and oxygen atoms in total. The van der Waals surface area contributed by atoms with Gasteiger partial charge < -0.3 is 27.7 Å². The molecule has 0 rings (SSSR count). The van der Waals surface area contributed by atoms with Gasteiger partial charge in [-0.25, -0.2) is 0 Å². The maximum atomic E-state index is 11.9. The zero-order chi connectivity index (χ0) is 10.5. The van der Waals surface area contributed by atoms with E-state index >= 15 is 0 Å². The van der Waals surface area contributed by atoms with Gasteiger partial charge in [0.25, 0.3) is 0 Å². The van der Waals surface area contributed by atoms with Crippen molar-refractivity contribution >= 4 is 6.98 Å². The monoisotopic (exact) mass is 239 g/mol. The number of hydrogen-bond donors (Lipinski definition) is 1. The zero-order valence-electron chi connectivity index (χ0n) is 8.71. The summed E-state index contributed by atoms with van der Waals surface area (Å²) in [4.78, 5) is 1.03. The van der Waals surface area contributed by atoms with Crippen LogP contribution >= 0.6 is 0 Å². The molecule has 0 bridgehead atoms. The fourth-order valence-corrected chi connectivity index (χ4v) is 1.03. The van der Waals surface area contributed by atoms with Crippen LogP contribution in [0.15, 0.2) is 0 Å². The predicted octanol–water partition coefficient (Wildman–Crippen LogP) is -2.68. The summed E-state index contributed by atoms with van der Waals surface area (Å²) in [6.07, 6.45) is -1.83. The van der Waals surface area contributed by atoms with E-state index in [0.717, 1.165) is 4.90 Å². The van der Waals surface area contributed by atoms with E-state index in [0.29, 0.717) is 0 Å². The molecular formula is C6H14BF3KNO2. The van der Waals surface area contributed by atoms with Crippen molar-refractivity contribution in [2.24, 2.45) is 0 Å². The molecule has 0 saturated carbocycles. The van der Waals surface area contributed by atoms with E-state index in [1.165, 1.54) is 14.2 Å². The summed E-state index contributed by atoms with van der Waals surface area (Å²) in [6.45, 7) is -4.79. The van der Waals surface area contributed by atoms with Gasteiger partial charge in [-0.1, -0.05) is 0 Å². The standard InChI is InChI=1S/C6H14BF3NO2.K/c1-11(5-7(8,9)10)3-6(12)4-13-2;/h6,12H,3-5H2,1-2H3;/q-1;+1. The average molecular weight is 239 g/mol. The number of ether oxygens (including phenoxy) is 1. The van der Waals surface area contributed by atoms with E-state index in [2.05, 4.69) is 4.74 Å². The van der Waals surface area contributed by atoms with Crippen LogP contribution in [-0.4, -0.2) is 56.8 Å². The van der Waals surface area contributed by atoms with Gasteiger partial charge in [0.1, 0.15) is 0 Å². The van der Waals surface area contributed by atoms with Gasteiger partial charge in [0.05, 0.1) is 12.7 Å². The molecule has 1 atom stereocenters. The second-order valence-electron chi connectivity index (χ2n) is 3.04. The van der Waals surface area contributed by atoms with Crippen molar-refractivity contribution in [3.05, 3.63) is 0 Å². The Bertz CT molecular complexity index is 150. The van der Waals surface area contributed by atoms with Crippen molar-refractivity contribution in [1.29, 1.82) is 0 Å². The first-order chi connectivity index (χ1) is 5.85. The molecule has 80 valence electrons. The van der Waals surface area contributed by atoms with E-state index in [1.54, 1.807) is 0 Å². The summed E-state index contributed by atoms with van der Waals surface area (Å²) in [7, 11) is 2.70. The summed E-state index contributed by atoms with van der Waals surface area (Å²) in [5.41, 5.74) is 0. The molecular weight excluding hydrogens is 225 g/mol. The van der Waals surface area contributed by atoms with Gasteiger partial charge in [-0.2, -0.15) is 0 Å². The first-order valence-corrected chi connectivity index (χ1v) is 3.91. The van der Waals surface area contributed by atoms with Crippen LogP contribution in [-0.2, 0) is 4.74 Å². The van der Waals surface area contributed by atoms with E-state index < -0.39 is 19.5 Å². The Labute approximate surface area is 124 Å². The van der Waals surface area contributed by atoms with Gasteiger partial charge in [-0.05, 0) is 13.5 Å². The number of aliphatic hydroxyl groups is 1. The van der Waals surface area contributed by atoms with Crippen LogP contribution in [0, 0.1) is 0 Å². The molecule has 1 unspecified atom stereocenters. The summed E-state index contributed by atoms with van der Waals surface area (Å²) in [6, 6.07) is 0. The fourth-order valence-electron chi connectivity index (χ4n) is 1.03. The molecule has 0 radical (unpaired) electrons. The van der Waals surface area contributed by atoms with Crippen LogP contribution in [0.2, 0.25) is 0 Å². The quantitative estimate of drug-likeness (QED) is 0.513. The molecule has 8 heteroatoms. The van der Waals surface area contributed by atoms with Crippen LogP contribution in [0.1, 0.15) is 0 Å². The minimum Gasteiger partial charge on any atom is -0.448 e. The van der Waals surface area contributed by atoms with Gasteiger partial charge >= 0.3 is 58.4 Å². The molecule has 0 aliphatic carbocycles. The molecule has 1 N–H and O–H groups in total. The van der Waals surface area contributed by atoms with Crippen LogP contribution in [0.4, 0.5) is 12.9 Å². The van der Waals surface area contributed by atoms with Crippen LogP contribution < -0.4 is 51.4 Å². The molecule has 0 spiro atoms. The molecule has 0 fully saturated rings. The smallest absolute Gasteiger partial charge is 0.448 e. The number of nitrogens with zero attached hydrogens (tertiary/aromatic N) is 1. The normalized spacial score (nSPS) is 13.9. The number of hydrogen-bond acceptors (Lipinski definition) is 3. The Hall–Kier alpha value is 1.37. The van der Waals surface area contributed by atoms with Crippen molar-refractivity contribution in [1.82, 2.24) is 4.90 Å². The van der Waals surface area contributed by atoms with Gasteiger partial charge in [0.15, 0.2) is 0 Å². The van der Waals surface area contributed by atoms with E-state index in [1.807, 2.05) is 0 Å². The Kier molecular flexibility index (Phi) is 10.8. The third-order valence-electron chi connectivity index (χ3n) is 1.40. The molecule has 0 aromatic carbocycles. The molecule has 0 aliphatic rings. The fraction of sp³-hybridized carbons (Fsp3) is 1.00. The summed E-state index contributed by atoms with van der Waals surface area (Å²) < 4.78 is 40.1. The van der Waals surface area contributed by atoms with Crippen molar-refractivity contribution in [2.75, 3.05) is 33.8 Å². The summed E-state index contributed by atoms with van der Waals surface area (Å²) in [5.74, 6) is 0. The number of halogens is 3. The molecule has 0 aliphatic heterocycles. The van der Waals surface area contributed by atoms with Crippen LogP contribution in [0.3, 0.4) is 0 Å². The third-order valence-corrected chi connectivity index (χ3v) is 1.40. The van der Waals surface area contributed by atoms with Crippen molar-refractivity contribution in [3.8, 4) is 0 Å². The van der Waals surface area contributed by atoms with Gasteiger partial charge in [0, 0.05) is 13.7 Å². The number of rotatable bonds is 6. The Morgan fingerprint density at radius 1 is 1.43 bits per heavy atom. The van der Waals surface area contributed by atoms with Gasteiger partial charge in [-0.3, -0.25) is 0 Å². The second-order valence-corrected chi connectivity index (χ2v) is 3.04. The summed E-state index contributed by atoms with van der Waals surface area (Å²) in [5, 5.41) is 9.09. The minimum atomic E-state index is -4.81. The topological polar surface area (TPSA) is 32.7 Å². The SMILES string of the molecule is COCC(O)CN(C)C[B-](F)(F)F.[K+]. The Balaban J connectivity index is 0. The third kappa shape index (κ3) is 11.4. The molecule has 0 saturated heterocycles. The van der Waals surface area contributed by atoms with Gasteiger partial charge in [-0.15, -0.1) is 0 Å². The van der Waals surface area contributed by atoms with Crippen LogP contribution in [0.5, 0.6) is 0 Å². The number of methoxy groups -OCH3 is 1. The Morgan fingerprint density at radius 2 is 1.93 bits per heavy atom. The zero-order valence-corrected chi connectivity index (χ0v) is 11.8. The molecule has 0 amide bonds. The largest absolute Gasteiger partial charge is 1.00 e. The predicted molar refractivity (Wildman–Crippen MR) is 44.5 cm³/mol. The first kappa shape index (κ1) is 17.8. The Morgan fingerprint density at radius 3 is 2.29 bits per heavy atom. The van der Waals surface area contributed by atoms with Crippen LogP contribution in [0.25, 0.3) is 0 Å². The van der Waals surface area contributed by atoms with E-state index in [-0.39, 0.29) is 64.5 Å². The summed E-state index contributed by atoms with van der Waals surface area (Å²) >= 11 is 0. The second kappa shape index (κ2) is 8.51. The van der Waals surface area contributed by atoms with Gasteiger partial charge in [0.2, 0.25) is 0 Å².